The number of carboxylic acid groups (broad SMARTS) is 2. The van der Waals surface area contributed by atoms with Gasteiger partial charge in [-0.3, -0.25) is 0 Å². The number of hydrogen-bond donors (Lipinski definition) is 4. The van der Waals surface area contributed by atoms with Crippen LogP contribution in [0.15, 0.2) is 60.7 Å². The van der Waals surface area contributed by atoms with Crippen molar-refractivity contribution in [2.45, 2.75) is 32.4 Å². The van der Waals surface area contributed by atoms with Crippen molar-refractivity contribution in [3.05, 3.63) is 71.8 Å². The third-order valence-electron chi connectivity index (χ3n) is 3.87. The number of ether oxygens (including phenoxy) is 1. The third-order valence-corrected chi connectivity index (χ3v) is 3.87. The van der Waals surface area contributed by atoms with E-state index >= 15 is 0 Å². The first-order chi connectivity index (χ1) is 13.6. The first kappa shape index (κ1) is 23.7. The highest BCUT2D eigenvalue weighted by Crippen LogP contribution is 2.26. The molecule has 156 valence electrons. The molecule has 7 heteroatoms. The van der Waals surface area contributed by atoms with Crippen molar-refractivity contribution < 1.29 is 29.6 Å². The molecule has 0 heterocycles. The second-order valence-corrected chi connectivity index (χ2v) is 6.92. The van der Waals surface area contributed by atoms with E-state index in [1.54, 1.807) is 13.2 Å². The van der Waals surface area contributed by atoms with Crippen LogP contribution >= 0.6 is 0 Å². The second-order valence-electron chi connectivity index (χ2n) is 6.92. The van der Waals surface area contributed by atoms with Crippen LogP contribution in [0, 0.1) is 0 Å². The second kappa shape index (κ2) is 11.5. The Balaban J connectivity index is 0.000000447. The largest absolute Gasteiger partial charge is 0.504 e. The number of phenolic OH excluding ortho intramolecular Hbond substituents is 1. The smallest absolute Gasteiger partial charge is 0.328 e. The maximum atomic E-state index is 9.61. The van der Waals surface area contributed by atoms with Crippen molar-refractivity contribution >= 4 is 11.9 Å². The molecule has 0 aliphatic rings. The first-order valence-corrected chi connectivity index (χ1v) is 8.92. The SMILES string of the molecule is COc1cc(CNC(C)(C)Cc2ccccc2)ccc1O.O=C(O)/C=C\C(=O)O. The van der Waals surface area contributed by atoms with Gasteiger partial charge in [-0.2, -0.15) is 0 Å². The molecule has 0 atom stereocenters. The van der Waals surface area contributed by atoms with Crippen LogP contribution in [0.4, 0.5) is 0 Å². The highest BCUT2D eigenvalue weighted by Gasteiger charge is 2.17. The molecular formula is C22H27NO6. The van der Waals surface area contributed by atoms with Crippen LogP contribution in [0.5, 0.6) is 11.5 Å². The Morgan fingerprint density at radius 3 is 2.10 bits per heavy atom. The van der Waals surface area contributed by atoms with Crippen LogP contribution < -0.4 is 10.1 Å². The summed E-state index contributed by atoms with van der Waals surface area (Å²) in [6.45, 7) is 5.12. The molecule has 0 aliphatic heterocycles. The third kappa shape index (κ3) is 9.97. The summed E-state index contributed by atoms with van der Waals surface area (Å²) in [6, 6.07) is 15.9. The normalized spacial score (nSPS) is 10.9. The van der Waals surface area contributed by atoms with Gasteiger partial charge in [0.1, 0.15) is 0 Å². The van der Waals surface area contributed by atoms with Crippen molar-refractivity contribution in [2.24, 2.45) is 0 Å². The average molecular weight is 401 g/mol. The molecule has 0 saturated heterocycles. The number of carboxylic acids is 2. The van der Waals surface area contributed by atoms with E-state index in [-0.39, 0.29) is 11.3 Å². The van der Waals surface area contributed by atoms with Crippen LogP contribution in [-0.2, 0) is 22.6 Å². The topological polar surface area (TPSA) is 116 Å². The summed E-state index contributed by atoms with van der Waals surface area (Å²) in [5, 5.41) is 28.8. The lowest BCUT2D eigenvalue weighted by Gasteiger charge is -2.27. The van der Waals surface area contributed by atoms with E-state index in [0.29, 0.717) is 17.9 Å². The molecule has 0 unspecified atom stereocenters. The summed E-state index contributed by atoms with van der Waals surface area (Å²) < 4.78 is 5.14. The number of rotatable bonds is 8. The van der Waals surface area contributed by atoms with Gasteiger partial charge >= 0.3 is 11.9 Å². The minimum atomic E-state index is -1.26. The van der Waals surface area contributed by atoms with Crippen molar-refractivity contribution in [1.29, 1.82) is 0 Å². The molecule has 2 rings (SSSR count). The van der Waals surface area contributed by atoms with Crippen molar-refractivity contribution in [2.75, 3.05) is 7.11 Å². The maximum Gasteiger partial charge on any atom is 0.328 e. The zero-order valence-electron chi connectivity index (χ0n) is 16.8. The van der Waals surface area contributed by atoms with Gasteiger partial charge in [-0.15, -0.1) is 0 Å². The van der Waals surface area contributed by atoms with Gasteiger partial charge in [-0.05, 0) is 43.5 Å². The molecule has 0 amide bonds. The lowest BCUT2D eigenvalue weighted by Crippen LogP contribution is -2.40. The van der Waals surface area contributed by atoms with Gasteiger partial charge in [0, 0.05) is 24.2 Å². The highest BCUT2D eigenvalue weighted by atomic mass is 16.5. The van der Waals surface area contributed by atoms with E-state index in [1.807, 2.05) is 18.2 Å². The molecular weight excluding hydrogens is 374 g/mol. The Morgan fingerprint density at radius 1 is 1.00 bits per heavy atom. The molecule has 0 fully saturated rings. The lowest BCUT2D eigenvalue weighted by molar-refractivity contribution is -0.134. The van der Waals surface area contributed by atoms with Crippen molar-refractivity contribution in [3.63, 3.8) is 0 Å². The predicted octanol–water partition coefficient (Wildman–Crippen LogP) is 3.22. The number of methoxy groups -OCH3 is 1. The first-order valence-electron chi connectivity index (χ1n) is 8.92. The van der Waals surface area contributed by atoms with Crippen LogP contribution in [0.25, 0.3) is 0 Å². The van der Waals surface area contributed by atoms with Crippen LogP contribution in [0.1, 0.15) is 25.0 Å². The van der Waals surface area contributed by atoms with Crippen molar-refractivity contribution in [1.82, 2.24) is 5.32 Å². The minimum absolute atomic E-state index is 0.00747. The summed E-state index contributed by atoms with van der Waals surface area (Å²) in [5.41, 5.74) is 2.40. The average Bonchev–Trinajstić information content (AvgIpc) is 2.67. The molecule has 0 aromatic heterocycles. The molecule has 29 heavy (non-hydrogen) atoms. The fourth-order valence-corrected chi connectivity index (χ4v) is 2.48. The van der Waals surface area contributed by atoms with Crippen LogP contribution in [0.2, 0.25) is 0 Å². The summed E-state index contributed by atoms with van der Waals surface area (Å²) in [4.78, 5) is 19.1. The highest BCUT2D eigenvalue weighted by molar-refractivity contribution is 5.89. The zero-order valence-corrected chi connectivity index (χ0v) is 16.8. The molecule has 0 spiro atoms. The number of phenols is 1. The van der Waals surface area contributed by atoms with Gasteiger partial charge < -0.3 is 25.4 Å². The Morgan fingerprint density at radius 2 is 1.59 bits per heavy atom. The van der Waals surface area contributed by atoms with E-state index in [2.05, 4.69) is 43.4 Å². The molecule has 0 bridgehead atoms. The molecule has 0 aliphatic carbocycles. The standard InChI is InChI=1S/C18H23NO2.C4H4O4/c1-18(2,12-14-7-5-4-6-8-14)19-13-15-9-10-16(20)17(11-15)21-3;5-3(6)1-2-4(7)8/h4-11,19-20H,12-13H2,1-3H3;1-2H,(H,5,6)(H,7,8)/b;2-1-. The van der Waals surface area contributed by atoms with E-state index in [1.165, 1.54) is 5.56 Å². The Hall–Kier alpha value is -3.32. The van der Waals surface area contributed by atoms with E-state index in [9.17, 15) is 14.7 Å². The molecule has 0 saturated carbocycles. The summed E-state index contributed by atoms with van der Waals surface area (Å²) >= 11 is 0. The fraction of sp³-hybridized carbons (Fsp3) is 0.273. The zero-order chi connectivity index (χ0) is 21.9. The Bertz CT molecular complexity index is 814. The van der Waals surface area contributed by atoms with Gasteiger partial charge in [0.05, 0.1) is 7.11 Å². The molecule has 2 aromatic carbocycles. The van der Waals surface area contributed by atoms with Gasteiger partial charge in [0.25, 0.3) is 0 Å². The Kier molecular flexibility index (Phi) is 9.41. The molecule has 2 aromatic rings. The maximum absolute atomic E-state index is 9.61. The van der Waals surface area contributed by atoms with Crippen LogP contribution in [0.3, 0.4) is 0 Å². The molecule has 0 radical (unpaired) electrons. The van der Waals surface area contributed by atoms with Gasteiger partial charge in [-0.1, -0.05) is 36.4 Å². The number of hydrogen-bond acceptors (Lipinski definition) is 5. The monoisotopic (exact) mass is 401 g/mol. The fourth-order valence-electron chi connectivity index (χ4n) is 2.48. The minimum Gasteiger partial charge on any atom is -0.504 e. The predicted molar refractivity (Wildman–Crippen MR) is 110 cm³/mol. The summed E-state index contributed by atoms with van der Waals surface area (Å²) in [6.07, 6.45) is 2.08. The summed E-state index contributed by atoms with van der Waals surface area (Å²) in [7, 11) is 1.56. The van der Waals surface area contributed by atoms with Gasteiger partial charge in [-0.25, -0.2) is 9.59 Å². The number of aliphatic carboxylic acids is 2. The number of nitrogens with one attached hydrogen (secondary N) is 1. The molecule has 4 N–H and O–H groups in total. The van der Waals surface area contributed by atoms with E-state index in [4.69, 9.17) is 14.9 Å². The number of benzene rings is 2. The van der Waals surface area contributed by atoms with Gasteiger partial charge in [0.2, 0.25) is 0 Å². The number of carbonyl (C=O) groups is 2. The number of aromatic hydroxyl groups is 1. The van der Waals surface area contributed by atoms with Crippen molar-refractivity contribution in [3.8, 4) is 11.5 Å². The Labute approximate surface area is 170 Å². The lowest BCUT2D eigenvalue weighted by atomic mass is 9.94. The molecule has 7 nitrogen and oxygen atoms in total. The van der Waals surface area contributed by atoms with Crippen LogP contribution in [-0.4, -0.2) is 39.9 Å². The van der Waals surface area contributed by atoms with E-state index < -0.39 is 11.9 Å². The quantitative estimate of drug-likeness (QED) is 0.502. The van der Waals surface area contributed by atoms with E-state index in [0.717, 1.165) is 18.5 Å². The van der Waals surface area contributed by atoms with Gasteiger partial charge in [0.15, 0.2) is 11.5 Å². The summed E-state index contributed by atoms with van der Waals surface area (Å²) in [5.74, 6) is -1.83.